The van der Waals surface area contributed by atoms with Crippen molar-refractivity contribution in [3.8, 4) is 0 Å². The van der Waals surface area contributed by atoms with Crippen LogP contribution in [-0.4, -0.2) is 5.60 Å². The van der Waals surface area contributed by atoms with Crippen molar-refractivity contribution in [1.82, 2.24) is 0 Å². The standard InChI is InChI=1S/C14H22O/c1-11(2)14(4,5)15-12(3)13-9-7-6-8-10-13/h6-12H,1-5H3. The lowest BCUT2D eigenvalue weighted by atomic mass is 9.94. The maximum absolute atomic E-state index is 6.09. The van der Waals surface area contributed by atoms with Gasteiger partial charge in [-0.1, -0.05) is 44.2 Å². The molecule has 0 saturated carbocycles. The lowest BCUT2D eigenvalue weighted by Crippen LogP contribution is -2.32. The molecule has 1 heteroatoms. The van der Waals surface area contributed by atoms with Crippen LogP contribution >= 0.6 is 0 Å². The van der Waals surface area contributed by atoms with Crippen LogP contribution in [0.2, 0.25) is 0 Å². The maximum Gasteiger partial charge on any atom is 0.0804 e. The first-order valence-electron chi connectivity index (χ1n) is 5.66. The predicted molar refractivity (Wildman–Crippen MR) is 64.9 cm³/mol. The van der Waals surface area contributed by atoms with E-state index in [2.05, 4.69) is 58.9 Å². The van der Waals surface area contributed by atoms with Crippen molar-refractivity contribution in [2.45, 2.75) is 46.3 Å². The van der Waals surface area contributed by atoms with E-state index in [-0.39, 0.29) is 11.7 Å². The van der Waals surface area contributed by atoms with Crippen LogP contribution in [0.5, 0.6) is 0 Å². The zero-order chi connectivity index (χ0) is 11.5. The highest BCUT2D eigenvalue weighted by atomic mass is 16.5. The molecule has 15 heavy (non-hydrogen) atoms. The lowest BCUT2D eigenvalue weighted by Gasteiger charge is -2.33. The Hall–Kier alpha value is -0.820. The number of rotatable bonds is 4. The minimum atomic E-state index is -0.0741. The van der Waals surface area contributed by atoms with E-state index in [0.29, 0.717) is 5.92 Å². The van der Waals surface area contributed by atoms with Crippen molar-refractivity contribution in [2.75, 3.05) is 0 Å². The summed E-state index contributed by atoms with van der Waals surface area (Å²) in [6.07, 6.45) is 0.156. The van der Waals surface area contributed by atoms with Gasteiger partial charge in [-0.2, -0.15) is 0 Å². The van der Waals surface area contributed by atoms with Crippen molar-refractivity contribution >= 4 is 0 Å². The molecule has 0 aromatic heterocycles. The van der Waals surface area contributed by atoms with E-state index in [1.165, 1.54) is 5.56 Å². The fourth-order valence-corrected chi connectivity index (χ4v) is 1.38. The van der Waals surface area contributed by atoms with E-state index < -0.39 is 0 Å². The molecular formula is C14H22O. The van der Waals surface area contributed by atoms with Gasteiger partial charge in [0.15, 0.2) is 0 Å². The summed E-state index contributed by atoms with van der Waals surface area (Å²) in [5, 5.41) is 0. The van der Waals surface area contributed by atoms with E-state index in [1.807, 2.05) is 6.07 Å². The second-order valence-corrected chi connectivity index (χ2v) is 4.93. The Kier molecular flexibility index (Phi) is 3.92. The van der Waals surface area contributed by atoms with E-state index >= 15 is 0 Å². The molecule has 1 aromatic rings. The first-order chi connectivity index (χ1) is 6.93. The van der Waals surface area contributed by atoms with Crippen LogP contribution in [0.25, 0.3) is 0 Å². The van der Waals surface area contributed by atoms with E-state index in [9.17, 15) is 0 Å². The molecule has 0 amide bonds. The van der Waals surface area contributed by atoms with Gasteiger partial charge < -0.3 is 4.74 Å². The minimum Gasteiger partial charge on any atom is -0.368 e. The molecule has 0 aliphatic rings. The van der Waals surface area contributed by atoms with E-state index in [0.717, 1.165) is 0 Å². The summed E-state index contributed by atoms with van der Waals surface area (Å²) in [5.41, 5.74) is 1.17. The van der Waals surface area contributed by atoms with Gasteiger partial charge in [-0.15, -0.1) is 0 Å². The third-order valence-corrected chi connectivity index (χ3v) is 3.14. The summed E-state index contributed by atoms with van der Waals surface area (Å²) < 4.78 is 6.09. The summed E-state index contributed by atoms with van der Waals surface area (Å²) in [4.78, 5) is 0. The Morgan fingerprint density at radius 1 is 1.00 bits per heavy atom. The van der Waals surface area contributed by atoms with Crippen molar-refractivity contribution in [1.29, 1.82) is 0 Å². The highest BCUT2D eigenvalue weighted by Crippen LogP contribution is 2.28. The zero-order valence-electron chi connectivity index (χ0n) is 10.4. The monoisotopic (exact) mass is 206 g/mol. The number of ether oxygens (including phenoxy) is 1. The average molecular weight is 206 g/mol. The predicted octanol–water partition coefficient (Wildman–Crippen LogP) is 4.20. The Bertz CT molecular complexity index is 287. The highest BCUT2D eigenvalue weighted by Gasteiger charge is 2.25. The van der Waals surface area contributed by atoms with Gasteiger partial charge in [0.25, 0.3) is 0 Å². The topological polar surface area (TPSA) is 9.23 Å². The Morgan fingerprint density at radius 2 is 1.53 bits per heavy atom. The Morgan fingerprint density at radius 3 is 2.00 bits per heavy atom. The lowest BCUT2D eigenvalue weighted by molar-refractivity contribution is -0.0927. The van der Waals surface area contributed by atoms with Gasteiger partial charge in [-0.25, -0.2) is 0 Å². The number of hydrogen-bond acceptors (Lipinski definition) is 1. The maximum atomic E-state index is 6.09. The smallest absolute Gasteiger partial charge is 0.0804 e. The fraction of sp³-hybridized carbons (Fsp3) is 0.571. The van der Waals surface area contributed by atoms with Crippen molar-refractivity contribution in [3.63, 3.8) is 0 Å². The Balaban J connectivity index is 2.68. The molecule has 0 saturated heterocycles. The minimum absolute atomic E-state index is 0.0741. The van der Waals surface area contributed by atoms with Gasteiger partial charge in [-0.3, -0.25) is 0 Å². The van der Waals surface area contributed by atoms with Crippen LogP contribution in [0.4, 0.5) is 0 Å². The molecule has 1 rings (SSSR count). The van der Waals surface area contributed by atoms with Crippen molar-refractivity contribution in [3.05, 3.63) is 35.9 Å². The van der Waals surface area contributed by atoms with Gasteiger partial charge in [0.2, 0.25) is 0 Å². The molecule has 0 heterocycles. The quantitative estimate of drug-likeness (QED) is 0.717. The Labute approximate surface area is 93.5 Å². The third kappa shape index (κ3) is 3.35. The first-order valence-corrected chi connectivity index (χ1v) is 5.66. The molecule has 0 aliphatic carbocycles. The van der Waals surface area contributed by atoms with Crippen LogP contribution in [0.15, 0.2) is 30.3 Å². The summed E-state index contributed by atoms with van der Waals surface area (Å²) in [6, 6.07) is 10.4. The molecule has 1 nitrogen and oxygen atoms in total. The largest absolute Gasteiger partial charge is 0.368 e. The molecule has 0 N–H and O–H groups in total. The molecule has 0 fully saturated rings. The van der Waals surface area contributed by atoms with Crippen LogP contribution in [0, 0.1) is 5.92 Å². The van der Waals surface area contributed by atoms with E-state index in [4.69, 9.17) is 4.74 Å². The fourth-order valence-electron chi connectivity index (χ4n) is 1.38. The van der Waals surface area contributed by atoms with Crippen LogP contribution < -0.4 is 0 Å². The van der Waals surface area contributed by atoms with Gasteiger partial charge >= 0.3 is 0 Å². The molecule has 1 unspecified atom stereocenters. The second-order valence-electron chi connectivity index (χ2n) is 4.93. The molecular weight excluding hydrogens is 184 g/mol. The summed E-state index contributed by atoms with van der Waals surface area (Å²) in [5.74, 6) is 0.517. The van der Waals surface area contributed by atoms with Crippen LogP contribution in [0.1, 0.15) is 46.3 Å². The second kappa shape index (κ2) is 4.80. The van der Waals surface area contributed by atoms with Gasteiger partial charge in [0, 0.05) is 0 Å². The summed E-state index contributed by atoms with van der Waals surface area (Å²) in [6.45, 7) is 10.8. The third-order valence-electron chi connectivity index (χ3n) is 3.14. The molecule has 1 aromatic carbocycles. The van der Waals surface area contributed by atoms with Crippen molar-refractivity contribution in [2.24, 2.45) is 5.92 Å². The molecule has 0 bridgehead atoms. The molecule has 1 atom stereocenters. The molecule has 0 spiro atoms. The number of benzene rings is 1. The molecule has 84 valence electrons. The van der Waals surface area contributed by atoms with Crippen molar-refractivity contribution < 1.29 is 4.74 Å². The van der Waals surface area contributed by atoms with Gasteiger partial charge in [0.1, 0.15) is 0 Å². The first kappa shape index (κ1) is 12.3. The van der Waals surface area contributed by atoms with Gasteiger partial charge in [-0.05, 0) is 32.3 Å². The SMILES string of the molecule is CC(OC(C)(C)C(C)C)c1ccccc1. The molecule has 0 radical (unpaired) electrons. The zero-order valence-corrected chi connectivity index (χ0v) is 10.4. The normalized spacial score (nSPS) is 14.3. The van der Waals surface area contributed by atoms with Gasteiger partial charge in [0.05, 0.1) is 11.7 Å². The average Bonchev–Trinajstić information content (AvgIpc) is 2.18. The summed E-state index contributed by atoms with van der Waals surface area (Å²) in [7, 11) is 0. The highest BCUT2D eigenvalue weighted by molar-refractivity contribution is 5.17. The van der Waals surface area contributed by atoms with Crippen LogP contribution in [-0.2, 0) is 4.74 Å². The van der Waals surface area contributed by atoms with E-state index in [1.54, 1.807) is 0 Å². The molecule has 0 aliphatic heterocycles. The number of hydrogen-bond donors (Lipinski definition) is 0. The van der Waals surface area contributed by atoms with Crippen LogP contribution in [0.3, 0.4) is 0 Å². The summed E-state index contributed by atoms with van der Waals surface area (Å²) >= 11 is 0.